The van der Waals surface area contributed by atoms with Crippen LogP contribution >= 0.6 is 11.6 Å². The topological polar surface area (TPSA) is 88.2 Å². The summed E-state index contributed by atoms with van der Waals surface area (Å²) in [5, 5.41) is 3.28. The normalized spacial score (nSPS) is 21.5. The second kappa shape index (κ2) is 11.1. The van der Waals surface area contributed by atoms with Crippen molar-refractivity contribution in [3.63, 3.8) is 0 Å². The number of morpholine rings is 1. The lowest BCUT2D eigenvalue weighted by molar-refractivity contribution is -0.168. The molecular weight excluding hydrogens is 501 g/mol. The first kappa shape index (κ1) is 26.9. The average molecular weight is 532 g/mol. The van der Waals surface area contributed by atoms with Crippen molar-refractivity contribution in [2.45, 2.75) is 57.5 Å². The highest BCUT2D eigenvalue weighted by Crippen LogP contribution is 2.29. The van der Waals surface area contributed by atoms with E-state index in [4.69, 9.17) is 21.1 Å². The summed E-state index contributed by atoms with van der Waals surface area (Å²) in [7, 11) is 0. The molecule has 0 aliphatic carbocycles. The predicted molar refractivity (Wildman–Crippen MR) is 137 cm³/mol. The van der Waals surface area contributed by atoms with E-state index < -0.39 is 35.6 Å². The first-order valence-electron chi connectivity index (χ1n) is 12.2. The summed E-state index contributed by atoms with van der Waals surface area (Å²) in [6, 6.07) is 12.4. The second-order valence-electron chi connectivity index (χ2n) is 10.3. The minimum Gasteiger partial charge on any atom is -0.444 e. The van der Waals surface area contributed by atoms with Crippen LogP contribution < -0.4 is 5.32 Å². The lowest BCUT2D eigenvalue weighted by atomic mass is 10.0. The van der Waals surface area contributed by atoms with E-state index >= 15 is 0 Å². The molecule has 2 aromatic carbocycles. The Morgan fingerprint density at radius 3 is 2.57 bits per heavy atom. The number of hydrogen-bond donors (Lipinski definition) is 1. The maximum atomic E-state index is 13.5. The number of likely N-dealkylation sites (tertiary alicyclic amines) is 1. The monoisotopic (exact) mass is 531 g/mol. The van der Waals surface area contributed by atoms with Crippen LogP contribution in [-0.4, -0.2) is 71.2 Å². The number of hydrogen-bond acceptors (Lipinski definition) is 5. The van der Waals surface area contributed by atoms with Crippen LogP contribution in [0.2, 0.25) is 5.02 Å². The van der Waals surface area contributed by atoms with Crippen LogP contribution in [0.1, 0.15) is 32.8 Å². The SMILES string of the molecule is CC(C)(C)OC(=O)N1CC2OC(CC(=O)Nc3ccc(F)cc3)C(=O)N(CCc3cccc(Cl)c3)C2C1. The van der Waals surface area contributed by atoms with E-state index in [1.165, 1.54) is 24.3 Å². The van der Waals surface area contributed by atoms with Crippen molar-refractivity contribution in [1.82, 2.24) is 9.80 Å². The highest BCUT2D eigenvalue weighted by Gasteiger charge is 2.49. The third-order valence-electron chi connectivity index (χ3n) is 6.22. The number of benzene rings is 2. The standard InChI is InChI=1S/C27H31ClFN3O5/c1-27(2,3)37-26(35)31-15-21-23(16-31)36-22(14-24(33)30-20-9-7-19(29)8-10-20)25(34)32(21)12-11-17-5-4-6-18(28)13-17/h4-10,13,21-23H,11-12,14-16H2,1-3H3,(H,30,33). The van der Waals surface area contributed by atoms with Gasteiger partial charge in [-0.2, -0.15) is 0 Å². The summed E-state index contributed by atoms with van der Waals surface area (Å²) in [4.78, 5) is 42.2. The van der Waals surface area contributed by atoms with Gasteiger partial charge in [0.15, 0.2) is 0 Å². The van der Waals surface area contributed by atoms with Gasteiger partial charge in [0.05, 0.1) is 25.1 Å². The molecule has 2 fully saturated rings. The van der Waals surface area contributed by atoms with Crippen LogP contribution in [-0.2, 0) is 25.5 Å². The first-order chi connectivity index (χ1) is 17.5. The third-order valence-corrected chi connectivity index (χ3v) is 6.45. The van der Waals surface area contributed by atoms with Gasteiger partial charge in [0.2, 0.25) is 5.91 Å². The van der Waals surface area contributed by atoms with Gasteiger partial charge in [0, 0.05) is 23.8 Å². The quantitative estimate of drug-likeness (QED) is 0.601. The van der Waals surface area contributed by atoms with Gasteiger partial charge in [-0.15, -0.1) is 0 Å². The van der Waals surface area contributed by atoms with E-state index in [1.807, 2.05) is 18.2 Å². The Morgan fingerprint density at radius 1 is 1.16 bits per heavy atom. The molecule has 37 heavy (non-hydrogen) atoms. The van der Waals surface area contributed by atoms with E-state index in [2.05, 4.69) is 5.32 Å². The van der Waals surface area contributed by atoms with E-state index in [0.717, 1.165) is 5.56 Å². The average Bonchev–Trinajstić information content (AvgIpc) is 3.23. The summed E-state index contributed by atoms with van der Waals surface area (Å²) in [6.45, 7) is 6.28. The highest BCUT2D eigenvalue weighted by molar-refractivity contribution is 6.30. The third kappa shape index (κ3) is 6.99. The van der Waals surface area contributed by atoms with Crippen molar-refractivity contribution in [1.29, 1.82) is 0 Å². The molecule has 198 valence electrons. The molecule has 10 heteroatoms. The molecule has 2 aromatic rings. The zero-order valence-corrected chi connectivity index (χ0v) is 21.8. The van der Waals surface area contributed by atoms with Gasteiger partial charge in [-0.25, -0.2) is 9.18 Å². The number of ether oxygens (including phenoxy) is 2. The molecule has 1 N–H and O–H groups in total. The Balaban J connectivity index is 1.49. The maximum Gasteiger partial charge on any atom is 0.410 e. The minimum absolute atomic E-state index is 0.209. The van der Waals surface area contributed by atoms with Crippen molar-refractivity contribution >= 4 is 35.2 Å². The summed E-state index contributed by atoms with van der Waals surface area (Å²) >= 11 is 6.12. The number of carbonyl (C=O) groups excluding carboxylic acids is 3. The molecular formula is C27H31ClFN3O5. The Bertz CT molecular complexity index is 1150. The van der Waals surface area contributed by atoms with Crippen LogP contribution in [0.3, 0.4) is 0 Å². The number of carbonyl (C=O) groups is 3. The minimum atomic E-state index is -1.01. The molecule has 3 amide bonds. The predicted octanol–water partition coefficient (Wildman–Crippen LogP) is 4.27. The molecule has 2 aliphatic heterocycles. The fourth-order valence-corrected chi connectivity index (χ4v) is 4.76. The van der Waals surface area contributed by atoms with Gasteiger partial charge in [-0.1, -0.05) is 23.7 Å². The van der Waals surface area contributed by atoms with Crippen molar-refractivity contribution in [3.8, 4) is 0 Å². The van der Waals surface area contributed by atoms with Gasteiger partial charge in [0.1, 0.15) is 17.5 Å². The number of rotatable bonds is 6. The Kier molecular flexibility index (Phi) is 8.04. The first-order valence-corrected chi connectivity index (χ1v) is 12.6. The van der Waals surface area contributed by atoms with Crippen LogP contribution in [0.5, 0.6) is 0 Å². The lowest BCUT2D eigenvalue weighted by Crippen LogP contribution is -2.59. The zero-order valence-electron chi connectivity index (χ0n) is 21.1. The van der Waals surface area contributed by atoms with Gasteiger partial charge in [-0.3, -0.25) is 9.59 Å². The number of fused-ring (bicyclic) bond motifs is 1. The molecule has 2 aliphatic rings. The number of anilines is 1. The summed E-state index contributed by atoms with van der Waals surface area (Å²) in [6.07, 6.45) is -1.61. The van der Waals surface area contributed by atoms with Crippen molar-refractivity contribution in [3.05, 3.63) is 64.9 Å². The van der Waals surface area contributed by atoms with Crippen LogP contribution in [0.25, 0.3) is 0 Å². The fourth-order valence-electron chi connectivity index (χ4n) is 4.55. The molecule has 2 saturated heterocycles. The van der Waals surface area contributed by atoms with E-state index in [-0.39, 0.29) is 31.5 Å². The lowest BCUT2D eigenvalue weighted by Gasteiger charge is -2.40. The molecule has 8 nitrogen and oxygen atoms in total. The molecule has 0 saturated carbocycles. The molecule has 2 heterocycles. The van der Waals surface area contributed by atoms with E-state index in [1.54, 1.807) is 36.6 Å². The Hall–Kier alpha value is -3.17. The van der Waals surface area contributed by atoms with Gasteiger partial charge >= 0.3 is 6.09 Å². The van der Waals surface area contributed by atoms with E-state index in [0.29, 0.717) is 23.7 Å². The number of nitrogens with one attached hydrogen (secondary N) is 1. The van der Waals surface area contributed by atoms with Crippen molar-refractivity contribution in [2.75, 3.05) is 25.0 Å². The molecule has 0 bridgehead atoms. The molecule has 0 spiro atoms. The van der Waals surface area contributed by atoms with Crippen molar-refractivity contribution in [2.24, 2.45) is 0 Å². The second-order valence-corrected chi connectivity index (χ2v) is 10.7. The van der Waals surface area contributed by atoms with Crippen LogP contribution in [0.15, 0.2) is 48.5 Å². The zero-order chi connectivity index (χ0) is 26.7. The van der Waals surface area contributed by atoms with Gasteiger partial charge in [0.25, 0.3) is 5.91 Å². The van der Waals surface area contributed by atoms with Gasteiger partial charge < -0.3 is 24.6 Å². The maximum absolute atomic E-state index is 13.5. The number of nitrogens with zero attached hydrogens (tertiary/aromatic N) is 2. The molecule has 0 radical (unpaired) electrons. The van der Waals surface area contributed by atoms with Gasteiger partial charge in [-0.05, 0) is 69.2 Å². The molecule has 3 atom stereocenters. The largest absolute Gasteiger partial charge is 0.444 e. The summed E-state index contributed by atoms with van der Waals surface area (Å²) in [5.74, 6) is -1.16. The Labute approximate surface area is 220 Å². The molecule has 0 aromatic heterocycles. The molecule has 3 unspecified atom stereocenters. The van der Waals surface area contributed by atoms with Crippen LogP contribution in [0.4, 0.5) is 14.9 Å². The number of halogens is 2. The summed E-state index contributed by atoms with van der Waals surface area (Å²) in [5.41, 5.74) is 0.729. The fraction of sp³-hybridized carbons (Fsp3) is 0.444. The Morgan fingerprint density at radius 2 is 1.89 bits per heavy atom. The number of amides is 3. The smallest absolute Gasteiger partial charge is 0.410 e. The van der Waals surface area contributed by atoms with E-state index in [9.17, 15) is 18.8 Å². The summed E-state index contributed by atoms with van der Waals surface area (Å²) < 4.78 is 24.8. The molecule has 4 rings (SSSR count). The van der Waals surface area contributed by atoms with Crippen LogP contribution in [0, 0.1) is 5.82 Å². The highest BCUT2D eigenvalue weighted by atomic mass is 35.5. The van der Waals surface area contributed by atoms with Crippen molar-refractivity contribution < 1.29 is 28.2 Å².